The maximum Gasteiger partial charge on any atom is 0.315 e. The molecule has 1 aliphatic rings. The Morgan fingerprint density at radius 1 is 1.44 bits per heavy atom. The predicted molar refractivity (Wildman–Crippen MR) is 78.0 cm³/mol. The van der Waals surface area contributed by atoms with E-state index in [4.69, 9.17) is 0 Å². The van der Waals surface area contributed by atoms with Crippen LogP contribution in [0.1, 0.15) is 5.56 Å². The molecule has 0 bridgehead atoms. The van der Waals surface area contributed by atoms with Gasteiger partial charge in [-0.15, -0.1) is 0 Å². The van der Waals surface area contributed by atoms with Crippen LogP contribution in [0.5, 0.6) is 0 Å². The maximum absolute atomic E-state index is 11.6. The monoisotopic (exact) mass is 283 g/mol. The summed E-state index contributed by atoms with van der Waals surface area (Å²) in [4.78, 5) is 15.6. The molecule has 1 fully saturated rings. The molecule has 1 aromatic rings. The Kier molecular flexibility index (Phi) is 5.67. The van der Waals surface area contributed by atoms with E-state index in [1.807, 2.05) is 35.7 Å². The number of rotatable bonds is 4. The SMILES string of the molecule is O=C(NCc1cccnc1)NC[C@H]1CSCCS1. The molecular formula is C12H17N3OS2. The minimum absolute atomic E-state index is 0.102. The van der Waals surface area contributed by atoms with E-state index in [0.717, 1.165) is 17.9 Å². The van der Waals surface area contributed by atoms with E-state index in [2.05, 4.69) is 15.6 Å². The number of carbonyl (C=O) groups excluding carboxylic acids is 1. The van der Waals surface area contributed by atoms with Gasteiger partial charge in [0.15, 0.2) is 0 Å². The van der Waals surface area contributed by atoms with E-state index < -0.39 is 0 Å². The number of hydrogen-bond acceptors (Lipinski definition) is 4. The quantitative estimate of drug-likeness (QED) is 0.883. The van der Waals surface area contributed by atoms with Gasteiger partial charge in [0, 0.05) is 48.0 Å². The second-order valence-corrected chi connectivity index (χ2v) is 6.55. The number of carbonyl (C=O) groups is 1. The van der Waals surface area contributed by atoms with E-state index in [1.165, 1.54) is 11.5 Å². The Bertz CT molecular complexity index is 369. The molecule has 1 saturated heterocycles. The molecule has 0 aliphatic carbocycles. The van der Waals surface area contributed by atoms with E-state index in [1.54, 1.807) is 12.4 Å². The lowest BCUT2D eigenvalue weighted by Crippen LogP contribution is -2.39. The minimum atomic E-state index is -0.102. The maximum atomic E-state index is 11.6. The van der Waals surface area contributed by atoms with Crippen molar-refractivity contribution < 1.29 is 4.79 Å². The van der Waals surface area contributed by atoms with Crippen molar-refractivity contribution in [3.63, 3.8) is 0 Å². The van der Waals surface area contributed by atoms with Crippen LogP contribution in [0.3, 0.4) is 0 Å². The molecule has 6 heteroatoms. The van der Waals surface area contributed by atoms with E-state index >= 15 is 0 Å². The first-order chi connectivity index (χ1) is 8.84. The lowest BCUT2D eigenvalue weighted by molar-refractivity contribution is 0.240. The van der Waals surface area contributed by atoms with Crippen LogP contribution in [-0.4, -0.2) is 40.1 Å². The number of nitrogens with zero attached hydrogens (tertiary/aromatic N) is 1. The molecule has 0 aromatic carbocycles. The van der Waals surface area contributed by atoms with Gasteiger partial charge in [-0.2, -0.15) is 23.5 Å². The van der Waals surface area contributed by atoms with Crippen molar-refractivity contribution in [1.29, 1.82) is 0 Å². The van der Waals surface area contributed by atoms with Crippen molar-refractivity contribution >= 4 is 29.6 Å². The first kappa shape index (κ1) is 13.5. The van der Waals surface area contributed by atoms with Crippen molar-refractivity contribution in [2.24, 2.45) is 0 Å². The highest BCUT2D eigenvalue weighted by molar-refractivity contribution is 8.06. The van der Waals surface area contributed by atoms with Gasteiger partial charge >= 0.3 is 6.03 Å². The van der Waals surface area contributed by atoms with Gasteiger partial charge in [-0.3, -0.25) is 4.98 Å². The Morgan fingerprint density at radius 2 is 2.39 bits per heavy atom. The van der Waals surface area contributed by atoms with E-state index in [0.29, 0.717) is 11.8 Å². The fourth-order valence-electron chi connectivity index (χ4n) is 1.61. The molecule has 2 N–H and O–H groups in total. The molecule has 1 atom stereocenters. The summed E-state index contributed by atoms with van der Waals surface area (Å²) < 4.78 is 0. The number of pyridine rings is 1. The zero-order valence-electron chi connectivity index (χ0n) is 10.1. The molecule has 2 amide bonds. The Hall–Kier alpha value is -0.880. The molecule has 1 aliphatic heterocycles. The molecule has 4 nitrogen and oxygen atoms in total. The highest BCUT2D eigenvalue weighted by Gasteiger charge is 2.14. The zero-order valence-corrected chi connectivity index (χ0v) is 11.7. The van der Waals surface area contributed by atoms with Crippen molar-refractivity contribution in [2.75, 3.05) is 23.8 Å². The van der Waals surface area contributed by atoms with Gasteiger partial charge in [-0.25, -0.2) is 4.79 Å². The number of hydrogen-bond donors (Lipinski definition) is 2. The first-order valence-electron chi connectivity index (χ1n) is 5.94. The highest BCUT2D eigenvalue weighted by atomic mass is 32.2. The zero-order chi connectivity index (χ0) is 12.6. The molecule has 18 heavy (non-hydrogen) atoms. The van der Waals surface area contributed by atoms with Gasteiger partial charge in [-0.05, 0) is 11.6 Å². The van der Waals surface area contributed by atoms with Crippen LogP contribution in [-0.2, 0) is 6.54 Å². The summed E-state index contributed by atoms with van der Waals surface area (Å²) in [6, 6.07) is 3.71. The summed E-state index contributed by atoms with van der Waals surface area (Å²) in [5.41, 5.74) is 1.01. The van der Waals surface area contributed by atoms with Crippen molar-refractivity contribution in [3.05, 3.63) is 30.1 Å². The van der Waals surface area contributed by atoms with Crippen molar-refractivity contribution in [3.8, 4) is 0 Å². The second kappa shape index (κ2) is 7.53. The van der Waals surface area contributed by atoms with Gasteiger partial charge in [0.1, 0.15) is 0 Å². The van der Waals surface area contributed by atoms with Gasteiger partial charge in [0.2, 0.25) is 0 Å². The van der Waals surface area contributed by atoms with Crippen molar-refractivity contribution in [1.82, 2.24) is 15.6 Å². The van der Waals surface area contributed by atoms with Crippen LogP contribution >= 0.6 is 23.5 Å². The highest BCUT2D eigenvalue weighted by Crippen LogP contribution is 2.23. The summed E-state index contributed by atoms with van der Waals surface area (Å²) in [6.07, 6.45) is 3.48. The van der Waals surface area contributed by atoms with Gasteiger partial charge < -0.3 is 10.6 Å². The average molecular weight is 283 g/mol. The number of amides is 2. The molecular weight excluding hydrogens is 266 g/mol. The Balaban J connectivity index is 1.63. The molecule has 2 rings (SSSR count). The third-order valence-electron chi connectivity index (χ3n) is 2.55. The second-order valence-electron chi connectivity index (χ2n) is 3.99. The van der Waals surface area contributed by atoms with Crippen LogP contribution in [0.2, 0.25) is 0 Å². The molecule has 1 aromatic heterocycles. The largest absolute Gasteiger partial charge is 0.337 e. The van der Waals surface area contributed by atoms with E-state index in [9.17, 15) is 4.79 Å². The molecule has 0 spiro atoms. The van der Waals surface area contributed by atoms with Crippen molar-refractivity contribution in [2.45, 2.75) is 11.8 Å². The fraction of sp³-hybridized carbons (Fsp3) is 0.500. The summed E-state index contributed by atoms with van der Waals surface area (Å²) in [5, 5.41) is 6.30. The van der Waals surface area contributed by atoms with Gasteiger partial charge in [0.05, 0.1) is 0 Å². The lowest BCUT2D eigenvalue weighted by Gasteiger charge is -2.21. The number of nitrogens with one attached hydrogen (secondary N) is 2. The van der Waals surface area contributed by atoms with Crippen LogP contribution in [0.4, 0.5) is 4.79 Å². The van der Waals surface area contributed by atoms with Gasteiger partial charge in [-0.1, -0.05) is 6.07 Å². The van der Waals surface area contributed by atoms with Crippen LogP contribution in [0.15, 0.2) is 24.5 Å². The smallest absolute Gasteiger partial charge is 0.315 e. The topological polar surface area (TPSA) is 54.0 Å². The third kappa shape index (κ3) is 4.78. The first-order valence-corrected chi connectivity index (χ1v) is 8.15. The summed E-state index contributed by atoms with van der Waals surface area (Å²) in [7, 11) is 0. The average Bonchev–Trinajstić information content (AvgIpc) is 2.45. The summed E-state index contributed by atoms with van der Waals surface area (Å²) in [6.45, 7) is 1.27. The lowest BCUT2D eigenvalue weighted by atomic mass is 10.3. The Morgan fingerprint density at radius 3 is 3.11 bits per heavy atom. The number of thioether (sulfide) groups is 2. The molecule has 98 valence electrons. The summed E-state index contributed by atoms with van der Waals surface area (Å²) in [5.74, 6) is 3.55. The summed E-state index contributed by atoms with van der Waals surface area (Å²) >= 11 is 3.91. The minimum Gasteiger partial charge on any atom is -0.337 e. The fourth-order valence-corrected chi connectivity index (χ4v) is 4.22. The number of aromatic nitrogens is 1. The van der Waals surface area contributed by atoms with Crippen LogP contribution in [0.25, 0.3) is 0 Å². The predicted octanol–water partition coefficient (Wildman–Crippen LogP) is 1.73. The van der Waals surface area contributed by atoms with Crippen LogP contribution < -0.4 is 10.6 Å². The standard InChI is InChI=1S/C12H17N3OS2/c16-12(14-7-10-2-1-3-13-6-10)15-8-11-9-17-4-5-18-11/h1-3,6,11H,4-5,7-9H2,(H2,14,15,16)/t11-/m0/s1. The molecule has 0 saturated carbocycles. The van der Waals surface area contributed by atoms with E-state index in [-0.39, 0.29) is 6.03 Å². The molecule has 0 unspecified atom stereocenters. The third-order valence-corrected chi connectivity index (χ3v) is 5.40. The molecule has 2 heterocycles. The number of urea groups is 1. The molecule has 0 radical (unpaired) electrons. The van der Waals surface area contributed by atoms with Gasteiger partial charge in [0.25, 0.3) is 0 Å². The normalized spacial score (nSPS) is 19.2. The van der Waals surface area contributed by atoms with Crippen LogP contribution in [0, 0.1) is 0 Å². The Labute approximate surface area is 116 Å².